The largest absolute Gasteiger partial charge is 0.478 e. The van der Waals surface area contributed by atoms with Gasteiger partial charge in [-0.05, 0) is 30.5 Å². The van der Waals surface area contributed by atoms with E-state index in [9.17, 15) is 4.79 Å². The third-order valence-electron chi connectivity index (χ3n) is 2.06. The molecule has 0 saturated heterocycles. The van der Waals surface area contributed by atoms with Crippen LogP contribution in [0.3, 0.4) is 0 Å². The van der Waals surface area contributed by atoms with Crippen molar-refractivity contribution in [1.29, 1.82) is 0 Å². The van der Waals surface area contributed by atoms with Crippen molar-refractivity contribution in [3.05, 3.63) is 27.5 Å². The van der Waals surface area contributed by atoms with Crippen molar-refractivity contribution in [2.24, 2.45) is 0 Å². The van der Waals surface area contributed by atoms with Gasteiger partial charge in [0.1, 0.15) is 0 Å². The van der Waals surface area contributed by atoms with Gasteiger partial charge in [0.15, 0.2) is 0 Å². The molecule has 0 bridgehead atoms. The van der Waals surface area contributed by atoms with Crippen LogP contribution < -0.4 is 0 Å². The van der Waals surface area contributed by atoms with Gasteiger partial charge in [0, 0.05) is 15.3 Å². The summed E-state index contributed by atoms with van der Waals surface area (Å²) >= 11 is 1.65. The van der Waals surface area contributed by atoms with E-state index in [0.29, 0.717) is 5.57 Å². The summed E-state index contributed by atoms with van der Waals surface area (Å²) < 4.78 is 0. The van der Waals surface area contributed by atoms with Gasteiger partial charge in [0.2, 0.25) is 0 Å². The first-order valence-electron chi connectivity index (χ1n) is 4.82. The molecule has 82 valence electrons. The van der Waals surface area contributed by atoms with Crippen molar-refractivity contribution >= 4 is 23.4 Å². The van der Waals surface area contributed by atoms with Crippen molar-refractivity contribution < 1.29 is 9.90 Å². The maximum Gasteiger partial charge on any atom is 0.331 e. The summed E-state index contributed by atoms with van der Waals surface area (Å²) in [4.78, 5) is 12.9. The van der Waals surface area contributed by atoms with Gasteiger partial charge in [-0.15, -0.1) is 11.3 Å². The average Bonchev–Trinajstić information content (AvgIpc) is 2.51. The maximum absolute atomic E-state index is 10.6. The zero-order chi connectivity index (χ0) is 11.6. The van der Waals surface area contributed by atoms with Crippen molar-refractivity contribution in [2.75, 3.05) is 0 Å². The first-order chi connectivity index (χ1) is 6.80. The van der Waals surface area contributed by atoms with Crippen LogP contribution in [0.5, 0.6) is 0 Å². The Morgan fingerprint density at radius 2 is 2.00 bits per heavy atom. The Bertz CT molecular complexity index is 394. The standard InChI is InChI=1S/C12H16O2S/c1-8(11(13)14)7-9-5-6-10(15-9)12(2,3)4/h5-7H,1-4H3,(H,13,14)/b8-7-. The van der Waals surface area contributed by atoms with Crippen LogP contribution in [-0.4, -0.2) is 11.1 Å². The van der Waals surface area contributed by atoms with Gasteiger partial charge in [0.25, 0.3) is 0 Å². The number of thiophene rings is 1. The van der Waals surface area contributed by atoms with Gasteiger partial charge in [-0.2, -0.15) is 0 Å². The molecular weight excluding hydrogens is 208 g/mol. The lowest BCUT2D eigenvalue weighted by Gasteiger charge is -2.15. The van der Waals surface area contributed by atoms with E-state index in [1.807, 2.05) is 6.07 Å². The summed E-state index contributed by atoms with van der Waals surface area (Å²) in [6.45, 7) is 8.06. The lowest BCUT2D eigenvalue weighted by atomic mass is 9.95. The fraction of sp³-hybridized carbons (Fsp3) is 0.417. The highest BCUT2D eigenvalue weighted by Crippen LogP contribution is 2.30. The van der Waals surface area contributed by atoms with Crippen LogP contribution in [0.4, 0.5) is 0 Å². The van der Waals surface area contributed by atoms with Crippen molar-refractivity contribution in [3.8, 4) is 0 Å². The normalized spacial score (nSPS) is 12.9. The molecule has 0 aliphatic heterocycles. The molecule has 1 N–H and O–H groups in total. The van der Waals surface area contributed by atoms with E-state index in [-0.39, 0.29) is 5.41 Å². The average molecular weight is 224 g/mol. The number of hydrogen-bond donors (Lipinski definition) is 1. The molecule has 0 radical (unpaired) electrons. The van der Waals surface area contributed by atoms with Crippen molar-refractivity contribution in [3.63, 3.8) is 0 Å². The first kappa shape index (κ1) is 12.0. The predicted octanol–water partition coefficient (Wildman–Crippen LogP) is 3.53. The number of carboxylic acids is 1. The fourth-order valence-corrected chi connectivity index (χ4v) is 2.18. The van der Waals surface area contributed by atoms with Crippen LogP contribution in [0, 0.1) is 0 Å². The van der Waals surface area contributed by atoms with E-state index in [1.165, 1.54) is 4.88 Å². The van der Waals surface area contributed by atoms with E-state index < -0.39 is 5.97 Å². The summed E-state index contributed by atoms with van der Waals surface area (Å²) in [6, 6.07) is 4.03. The maximum atomic E-state index is 10.6. The second-order valence-electron chi connectivity index (χ2n) is 4.58. The third-order valence-corrected chi connectivity index (χ3v) is 3.52. The molecule has 0 amide bonds. The Morgan fingerprint density at radius 3 is 2.40 bits per heavy atom. The van der Waals surface area contributed by atoms with Gasteiger partial charge in [-0.25, -0.2) is 4.79 Å². The molecule has 2 nitrogen and oxygen atoms in total. The number of aliphatic carboxylic acids is 1. The minimum absolute atomic E-state index is 0.133. The lowest BCUT2D eigenvalue weighted by molar-refractivity contribution is -0.132. The number of carbonyl (C=O) groups is 1. The molecule has 1 heterocycles. The molecule has 0 saturated carbocycles. The van der Waals surface area contributed by atoms with Crippen LogP contribution in [0.15, 0.2) is 17.7 Å². The molecule has 0 aromatic carbocycles. The van der Waals surface area contributed by atoms with Gasteiger partial charge >= 0.3 is 5.97 Å². The molecule has 0 aliphatic carbocycles. The van der Waals surface area contributed by atoms with Crippen LogP contribution in [0.2, 0.25) is 0 Å². The Kier molecular flexibility index (Phi) is 3.35. The molecule has 1 aromatic heterocycles. The summed E-state index contributed by atoms with van der Waals surface area (Å²) in [5.74, 6) is -0.860. The minimum atomic E-state index is -0.860. The number of carboxylic acid groups (broad SMARTS) is 1. The third kappa shape index (κ3) is 3.20. The Hall–Kier alpha value is -1.09. The number of hydrogen-bond acceptors (Lipinski definition) is 2. The van der Waals surface area contributed by atoms with E-state index in [4.69, 9.17) is 5.11 Å². The highest BCUT2D eigenvalue weighted by molar-refractivity contribution is 7.13. The van der Waals surface area contributed by atoms with Gasteiger partial charge in [-0.1, -0.05) is 20.8 Å². The van der Waals surface area contributed by atoms with Crippen LogP contribution in [-0.2, 0) is 10.2 Å². The van der Waals surface area contributed by atoms with E-state index in [0.717, 1.165) is 4.88 Å². The van der Waals surface area contributed by atoms with Gasteiger partial charge in [0.05, 0.1) is 0 Å². The highest BCUT2D eigenvalue weighted by atomic mass is 32.1. The highest BCUT2D eigenvalue weighted by Gasteiger charge is 2.15. The predicted molar refractivity (Wildman–Crippen MR) is 64.3 cm³/mol. The molecule has 0 aliphatic rings. The second kappa shape index (κ2) is 4.19. The molecule has 15 heavy (non-hydrogen) atoms. The van der Waals surface area contributed by atoms with Crippen LogP contribution >= 0.6 is 11.3 Å². The Labute approximate surface area is 94.3 Å². The van der Waals surface area contributed by atoms with Crippen LogP contribution in [0.1, 0.15) is 37.4 Å². The molecular formula is C12H16O2S. The quantitative estimate of drug-likeness (QED) is 0.780. The smallest absolute Gasteiger partial charge is 0.331 e. The summed E-state index contributed by atoms with van der Waals surface area (Å²) in [6.07, 6.45) is 1.71. The van der Waals surface area contributed by atoms with Gasteiger partial charge in [-0.3, -0.25) is 0 Å². The zero-order valence-electron chi connectivity index (χ0n) is 9.50. The molecule has 1 rings (SSSR count). The van der Waals surface area contributed by atoms with E-state index in [1.54, 1.807) is 24.3 Å². The number of rotatable bonds is 2. The lowest BCUT2D eigenvalue weighted by Crippen LogP contribution is -2.07. The molecule has 1 aromatic rings. The second-order valence-corrected chi connectivity index (χ2v) is 5.70. The molecule has 3 heteroatoms. The van der Waals surface area contributed by atoms with Crippen LogP contribution in [0.25, 0.3) is 6.08 Å². The first-order valence-corrected chi connectivity index (χ1v) is 5.64. The van der Waals surface area contributed by atoms with Crippen molar-refractivity contribution in [1.82, 2.24) is 0 Å². The summed E-state index contributed by atoms with van der Waals surface area (Å²) in [5, 5.41) is 8.75. The topological polar surface area (TPSA) is 37.3 Å². The SMILES string of the molecule is C/C(=C/c1ccc(C(C)(C)C)s1)C(=O)O. The summed E-state index contributed by atoms with van der Waals surface area (Å²) in [5.41, 5.74) is 0.505. The molecule has 0 atom stereocenters. The Balaban J connectivity index is 2.96. The van der Waals surface area contributed by atoms with Crippen molar-refractivity contribution in [2.45, 2.75) is 33.1 Å². The van der Waals surface area contributed by atoms with E-state index in [2.05, 4.69) is 26.8 Å². The van der Waals surface area contributed by atoms with E-state index >= 15 is 0 Å². The van der Waals surface area contributed by atoms with Gasteiger partial charge < -0.3 is 5.11 Å². The summed E-state index contributed by atoms with van der Waals surface area (Å²) in [7, 11) is 0. The monoisotopic (exact) mass is 224 g/mol. The molecule has 0 fully saturated rings. The molecule has 0 unspecified atom stereocenters. The fourth-order valence-electron chi connectivity index (χ4n) is 1.11. The zero-order valence-corrected chi connectivity index (χ0v) is 10.3. The molecule has 0 spiro atoms. The Morgan fingerprint density at radius 1 is 1.40 bits per heavy atom. The minimum Gasteiger partial charge on any atom is -0.478 e.